The maximum Gasteiger partial charge on any atom is 0.0509 e. The molecule has 2 nitrogen and oxygen atoms in total. The fraction of sp³-hybridized carbons (Fsp3) is 0.789. The summed E-state index contributed by atoms with van der Waals surface area (Å²) in [5.41, 5.74) is 2.62. The second-order valence-electron chi connectivity index (χ2n) is 6.03. The van der Waals surface area contributed by atoms with Crippen LogP contribution in [0.1, 0.15) is 79.1 Å². The van der Waals surface area contributed by atoms with Gasteiger partial charge >= 0.3 is 0 Å². The predicted octanol–water partition coefficient (Wildman–Crippen LogP) is 5.01. The van der Waals surface area contributed by atoms with Gasteiger partial charge in [0.1, 0.15) is 0 Å². The Hall–Kier alpha value is -0.600. The molecule has 2 N–H and O–H groups in total. The van der Waals surface area contributed by atoms with E-state index in [4.69, 9.17) is 0 Å². The van der Waals surface area contributed by atoms with Crippen LogP contribution in [-0.2, 0) is 0 Å². The molecule has 21 heavy (non-hydrogen) atoms. The van der Waals surface area contributed by atoms with E-state index >= 15 is 0 Å². The van der Waals surface area contributed by atoms with Crippen LogP contribution in [0.2, 0.25) is 0 Å². The van der Waals surface area contributed by atoms with Gasteiger partial charge in [-0.05, 0) is 51.4 Å². The Bertz CT molecular complexity index is 272. The van der Waals surface area contributed by atoms with Crippen LogP contribution < -0.4 is 0 Å². The Morgan fingerprint density at radius 1 is 0.714 bits per heavy atom. The number of rotatable bonds is 12. The molecule has 0 unspecified atom stereocenters. The minimum Gasteiger partial charge on any atom is -0.396 e. The van der Waals surface area contributed by atoms with Crippen molar-refractivity contribution in [2.75, 3.05) is 13.2 Å². The van der Waals surface area contributed by atoms with Crippen molar-refractivity contribution in [2.45, 2.75) is 79.1 Å². The van der Waals surface area contributed by atoms with E-state index < -0.39 is 0 Å². The Kier molecular flexibility index (Phi) is 11.7. The van der Waals surface area contributed by atoms with Gasteiger partial charge in [-0.3, -0.25) is 0 Å². The van der Waals surface area contributed by atoms with Crippen molar-refractivity contribution in [2.24, 2.45) is 5.41 Å². The van der Waals surface area contributed by atoms with Gasteiger partial charge in [-0.15, -0.1) is 0 Å². The summed E-state index contributed by atoms with van der Waals surface area (Å²) in [7, 11) is 0. The molecule has 0 heterocycles. The lowest BCUT2D eigenvalue weighted by Gasteiger charge is -2.29. The van der Waals surface area contributed by atoms with Crippen molar-refractivity contribution in [1.82, 2.24) is 0 Å². The van der Waals surface area contributed by atoms with Crippen LogP contribution in [0.5, 0.6) is 0 Å². The zero-order chi connectivity index (χ0) is 16.1. The smallest absolute Gasteiger partial charge is 0.0509 e. The van der Waals surface area contributed by atoms with Gasteiger partial charge in [-0.2, -0.15) is 0 Å². The van der Waals surface area contributed by atoms with Gasteiger partial charge in [0.05, 0.1) is 13.2 Å². The third kappa shape index (κ3) is 7.82. The molecular formula is C19H36O2. The molecule has 0 aliphatic carbocycles. The Morgan fingerprint density at radius 2 is 1.05 bits per heavy atom. The summed E-state index contributed by atoms with van der Waals surface area (Å²) in [5, 5.41) is 19.5. The second-order valence-corrected chi connectivity index (χ2v) is 6.03. The van der Waals surface area contributed by atoms with Crippen LogP contribution in [0, 0.1) is 5.41 Å². The number of hydrogen-bond acceptors (Lipinski definition) is 2. The second kappa shape index (κ2) is 12.0. The standard InChI is InChI=1S/C19H36O2/c1-5-17(6-2)11-9-13-19(15-20,16-21)14-10-12-18(7-3)8-4/h11-12,20-21H,5-10,13-16H2,1-4H3. The Balaban J connectivity index is 4.55. The van der Waals surface area contributed by atoms with Crippen LogP contribution in [0.4, 0.5) is 0 Å². The summed E-state index contributed by atoms with van der Waals surface area (Å²) in [6.45, 7) is 8.88. The first kappa shape index (κ1) is 20.4. The Morgan fingerprint density at radius 3 is 1.29 bits per heavy atom. The van der Waals surface area contributed by atoms with E-state index in [-0.39, 0.29) is 18.6 Å². The van der Waals surface area contributed by atoms with E-state index in [0.29, 0.717) is 0 Å². The molecule has 0 bridgehead atoms. The summed E-state index contributed by atoms with van der Waals surface area (Å²) >= 11 is 0. The molecule has 0 saturated heterocycles. The summed E-state index contributed by atoms with van der Waals surface area (Å²) < 4.78 is 0. The van der Waals surface area contributed by atoms with E-state index in [0.717, 1.165) is 51.4 Å². The molecule has 0 aliphatic rings. The van der Waals surface area contributed by atoms with Gasteiger partial charge in [0.25, 0.3) is 0 Å². The van der Waals surface area contributed by atoms with Crippen molar-refractivity contribution in [3.05, 3.63) is 23.3 Å². The van der Waals surface area contributed by atoms with Crippen LogP contribution in [-0.4, -0.2) is 23.4 Å². The monoisotopic (exact) mass is 296 g/mol. The van der Waals surface area contributed by atoms with Crippen molar-refractivity contribution in [1.29, 1.82) is 0 Å². The number of aliphatic hydroxyl groups is 2. The van der Waals surface area contributed by atoms with E-state index in [1.165, 1.54) is 11.1 Å². The van der Waals surface area contributed by atoms with Crippen LogP contribution in [0.25, 0.3) is 0 Å². The molecule has 124 valence electrons. The van der Waals surface area contributed by atoms with Crippen LogP contribution >= 0.6 is 0 Å². The molecule has 0 aliphatic heterocycles. The highest BCUT2D eigenvalue weighted by molar-refractivity contribution is 5.02. The zero-order valence-corrected chi connectivity index (χ0v) is 14.6. The van der Waals surface area contributed by atoms with E-state index in [2.05, 4.69) is 39.8 Å². The molecular weight excluding hydrogens is 260 g/mol. The van der Waals surface area contributed by atoms with Gasteiger partial charge in [0, 0.05) is 5.41 Å². The van der Waals surface area contributed by atoms with Gasteiger partial charge < -0.3 is 10.2 Å². The van der Waals surface area contributed by atoms with Crippen molar-refractivity contribution in [3.63, 3.8) is 0 Å². The molecule has 0 aromatic rings. The normalized spacial score (nSPS) is 11.3. The molecule has 0 rings (SSSR count). The largest absolute Gasteiger partial charge is 0.396 e. The topological polar surface area (TPSA) is 40.5 Å². The minimum absolute atomic E-state index is 0.0757. The quantitative estimate of drug-likeness (QED) is 0.497. The van der Waals surface area contributed by atoms with E-state index in [9.17, 15) is 10.2 Å². The molecule has 0 amide bonds. The zero-order valence-electron chi connectivity index (χ0n) is 14.6. The molecule has 0 spiro atoms. The summed E-state index contributed by atoms with van der Waals surface area (Å²) in [4.78, 5) is 0. The number of hydrogen-bond donors (Lipinski definition) is 2. The van der Waals surface area contributed by atoms with Gasteiger partial charge in [-0.1, -0.05) is 51.0 Å². The molecule has 0 atom stereocenters. The fourth-order valence-electron chi connectivity index (χ4n) is 2.73. The molecule has 2 heteroatoms. The van der Waals surface area contributed by atoms with Crippen LogP contribution in [0.3, 0.4) is 0 Å². The lowest BCUT2D eigenvalue weighted by Crippen LogP contribution is -2.29. The third-order valence-corrected chi connectivity index (χ3v) is 4.70. The van der Waals surface area contributed by atoms with Crippen LogP contribution in [0.15, 0.2) is 23.3 Å². The average Bonchev–Trinajstić information content (AvgIpc) is 2.54. The first-order valence-corrected chi connectivity index (χ1v) is 8.68. The first-order valence-electron chi connectivity index (χ1n) is 8.68. The minimum atomic E-state index is -0.327. The Labute approximate surface area is 132 Å². The lowest BCUT2D eigenvalue weighted by atomic mass is 9.80. The molecule has 0 aromatic carbocycles. The molecule has 0 radical (unpaired) electrons. The molecule has 0 aromatic heterocycles. The third-order valence-electron chi connectivity index (χ3n) is 4.70. The van der Waals surface area contributed by atoms with Gasteiger partial charge in [0.2, 0.25) is 0 Å². The van der Waals surface area contributed by atoms with Crippen molar-refractivity contribution in [3.8, 4) is 0 Å². The SMILES string of the molecule is CCC(=CCCC(CO)(CO)CCC=C(CC)CC)CC. The predicted molar refractivity (Wildman–Crippen MR) is 92.4 cm³/mol. The number of allylic oxidation sites excluding steroid dienone is 4. The summed E-state index contributed by atoms with van der Waals surface area (Å²) in [5.74, 6) is 0. The summed E-state index contributed by atoms with van der Waals surface area (Å²) in [6.07, 6.45) is 12.6. The highest BCUT2D eigenvalue weighted by atomic mass is 16.3. The molecule has 0 saturated carbocycles. The van der Waals surface area contributed by atoms with Gasteiger partial charge in [0.15, 0.2) is 0 Å². The van der Waals surface area contributed by atoms with E-state index in [1.54, 1.807) is 0 Å². The summed E-state index contributed by atoms with van der Waals surface area (Å²) in [6, 6.07) is 0. The average molecular weight is 296 g/mol. The maximum absolute atomic E-state index is 9.73. The maximum atomic E-state index is 9.73. The molecule has 0 fully saturated rings. The number of aliphatic hydroxyl groups excluding tert-OH is 2. The highest BCUT2D eigenvalue weighted by Crippen LogP contribution is 2.30. The van der Waals surface area contributed by atoms with E-state index in [1.807, 2.05) is 0 Å². The van der Waals surface area contributed by atoms with Gasteiger partial charge in [-0.25, -0.2) is 0 Å². The van der Waals surface area contributed by atoms with Crippen molar-refractivity contribution < 1.29 is 10.2 Å². The first-order chi connectivity index (χ1) is 10.1. The lowest BCUT2D eigenvalue weighted by molar-refractivity contribution is 0.0413. The fourth-order valence-corrected chi connectivity index (χ4v) is 2.73. The highest BCUT2D eigenvalue weighted by Gasteiger charge is 2.27. The van der Waals surface area contributed by atoms with Crippen molar-refractivity contribution >= 4 is 0 Å².